The van der Waals surface area contributed by atoms with Gasteiger partial charge in [-0.25, -0.2) is 5.43 Å². The molecule has 0 bridgehead atoms. The van der Waals surface area contributed by atoms with Gasteiger partial charge in [-0.05, 0) is 52.8 Å². The standard InChI is InChI=1S/C31H34N6O2/c1-6-17-37-25-10-8-7-9-24(25)28-29(37)33-30(36-34-28)35-32-19-22-13-16-26(27(18-22)38-5)39-20-21-11-14-23(15-12-21)31(2,3)4/h7-16,18-19H,6,17,20H2,1-5H3,(H,33,35,36)/b32-19+. The number of rotatable bonds is 9. The molecule has 0 aliphatic heterocycles. The van der Waals surface area contributed by atoms with Crippen LogP contribution in [0, 0.1) is 0 Å². The molecule has 0 saturated carbocycles. The molecule has 200 valence electrons. The number of hydrogen-bond donors (Lipinski definition) is 1. The van der Waals surface area contributed by atoms with E-state index in [1.807, 2.05) is 30.3 Å². The smallest absolute Gasteiger partial charge is 0.265 e. The Bertz CT molecular complexity index is 1620. The summed E-state index contributed by atoms with van der Waals surface area (Å²) >= 11 is 0. The van der Waals surface area contributed by atoms with Gasteiger partial charge in [0.05, 0.1) is 18.8 Å². The molecular formula is C31H34N6O2. The summed E-state index contributed by atoms with van der Waals surface area (Å²) in [7, 11) is 1.63. The second-order valence-corrected chi connectivity index (χ2v) is 10.5. The number of aromatic nitrogens is 4. The van der Waals surface area contributed by atoms with E-state index < -0.39 is 0 Å². The number of hydrazone groups is 1. The van der Waals surface area contributed by atoms with E-state index in [4.69, 9.17) is 14.5 Å². The van der Waals surface area contributed by atoms with Crippen molar-refractivity contribution in [3.63, 3.8) is 0 Å². The highest BCUT2D eigenvalue weighted by molar-refractivity contribution is 6.04. The van der Waals surface area contributed by atoms with Gasteiger partial charge in [0, 0.05) is 11.9 Å². The van der Waals surface area contributed by atoms with E-state index in [0.29, 0.717) is 24.1 Å². The number of hydrogen-bond acceptors (Lipinski definition) is 7. The number of benzene rings is 3. The highest BCUT2D eigenvalue weighted by Crippen LogP contribution is 2.29. The number of aryl methyl sites for hydroxylation is 1. The monoisotopic (exact) mass is 522 g/mol. The van der Waals surface area contributed by atoms with Gasteiger partial charge in [-0.15, -0.1) is 10.2 Å². The molecule has 8 nitrogen and oxygen atoms in total. The van der Waals surface area contributed by atoms with Crippen LogP contribution in [0.15, 0.2) is 71.8 Å². The largest absolute Gasteiger partial charge is 0.493 e. The lowest BCUT2D eigenvalue weighted by Crippen LogP contribution is -2.10. The van der Waals surface area contributed by atoms with Gasteiger partial charge >= 0.3 is 0 Å². The summed E-state index contributed by atoms with van der Waals surface area (Å²) in [6.07, 6.45) is 2.68. The second kappa shape index (κ2) is 11.1. The average Bonchev–Trinajstić information content (AvgIpc) is 3.25. The van der Waals surface area contributed by atoms with Gasteiger partial charge in [0.25, 0.3) is 5.95 Å². The molecule has 0 unspecified atom stereocenters. The predicted molar refractivity (Wildman–Crippen MR) is 157 cm³/mol. The van der Waals surface area contributed by atoms with Crippen molar-refractivity contribution >= 4 is 34.2 Å². The Morgan fingerprint density at radius 1 is 0.974 bits per heavy atom. The van der Waals surface area contributed by atoms with E-state index >= 15 is 0 Å². The van der Waals surface area contributed by atoms with E-state index in [9.17, 15) is 0 Å². The van der Waals surface area contributed by atoms with E-state index in [2.05, 4.69) is 89.4 Å². The van der Waals surface area contributed by atoms with E-state index in [1.165, 1.54) is 5.56 Å². The molecule has 0 spiro atoms. The molecule has 2 aromatic heterocycles. The molecule has 3 aromatic carbocycles. The van der Waals surface area contributed by atoms with Gasteiger partial charge in [-0.2, -0.15) is 10.1 Å². The Kier molecular flexibility index (Phi) is 7.45. The first kappa shape index (κ1) is 26.2. The SMILES string of the molecule is CCCn1c2ccccc2c2nnc(N/N=C/c3ccc(OCc4ccc(C(C)(C)C)cc4)c(OC)c3)nc21. The van der Waals surface area contributed by atoms with Gasteiger partial charge in [0.15, 0.2) is 17.1 Å². The van der Waals surface area contributed by atoms with Crippen molar-refractivity contribution < 1.29 is 9.47 Å². The number of nitrogens with one attached hydrogen (secondary N) is 1. The maximum Gasteiger partial charge on any atom is 0.265 e. The molecule has 39 heavy (non-hydrogen) atoms. The summed E-state index contributed by atoms with van der Waals surface area (Å²) in [5.74, 6) is 1.64. The number of fused-ring (bicyclic) bond motifs is 3. The van der Waals surface area contributed by atoms with Crippen LogP contribution >= 0.6 is 0 Å². The van der Waals surface area contributed by atoms with Gasteiger partial charge < -0.3 is 14.0 Å². The molecule has 0 amide bonds. The fourth-order valence-electron chi connectivity index (χ4n) is 4.51. The zero-order valence-corrected chi connectivity index (χ0v) is 23.1. The third kappa shape index (κ3) is 5.70. The Hall–Kier alpha value is -4.46. The predicted octanol–water partition coefficient (Wildman–Crippen LogP) is 6.72. The van der Waals surface area contributed by atoms with E-state index in [0.717, 1.165) is 46.2 Å². The van der Waals surface area contributed by atoms with Gasteiger partial charge in [-0.3, -0.25) is 0 Å². The molecule has 0 radical (unpaired) electrons. The molecule has 5 aromatic rings. The van der Waals surface area contributed by atoms with Crippen molar-refractivity contribution in [2.45, 2.75) is 52.7 Å². The zero-order chi connectivity index (χ0) is 27.4. The minimum absolute atomic E-state index is 0.124. The Balaban J connectivity index is 1.28. The normalized spacial score (nSPS) is 11.9. The highest BCUT2D eigenvalue weighted by Gasteiger charge is 2.15. The first-order valence-electron chi connectivity index (χ1n) is 13.2. The maximum atomic E-state index is 6.05. The second-order valence-electron chi connectivity index (χ2n) is 10.5. The van der Waals surface area contributed by atoms with Crippen LogP contribution < -0.4 is 14.9 Å². The minimum atomic E-state index is 0.124. The summed E-state index contributed by atoms with van der Waals surface area (Å²) in [6.45, 7) is 10.1. The third-order valence-corrected chi connectivity index (χ3v) is 6.60. The van der Waals surface area contributed by atoms with Gasteiger partial charge in [0.1, 0.15) is 12.1 Å². The first-order valence-corrected chi connectivity index (χ1v) is 13.2. The zero-order valence-electron chi connectivity index (χ0n) is 23.1. The van der Waals surface area contributed by atoms with Crippen LogP contribution in [-0.2, 0) is 18.6 Å². The van der Waals surface area contributed by atoms with Crippen molar-refractivity contribution in [2.75, 3.05) is 12.5 Å². The number of para-hydroxylation sites is 1. The Morgan fingerprint density at radius 2 is 1.77 bits per heavy atom. The van der Waals surface area contributed by atoms with Crippen LogP contribution in [0.3, 0.4) is 0 Å². The fourth-order valence-corrected chi connectivity index (χ4v) is 4.51. The number of nitrogens with zero attached hydrogens (tertiary/aromatic N) is 5. The van der Waals surface area contributed by atoms with Crippen LogP contribution in [0.2, 0.25) is 0 Å². The van der Waals surface area contributed by atoms with Crippen LogP contribution in [0.5, 0.6) is 11.5 Å². The molecule has 0 aliphatic carbocycles. The molecular weight excluding hydrogens is 488 g/mol. The van der Waals surface area contributed by atoms with Gasteiger partial charge in [0.2, 0.25) is 0 Å². The highest BCUT2D eigenvalue weighted by atomic mass is 16.5. The summed E-state index contributed by atoms with van der Waals surface area (Å²) in [4.78, 5) is 4.70. The molecule has 0 saturated heterocycles. The summed E-state index contributed by atoms with van der Waals surface area (Å²) < 4.78 is 13.8. The van der Waals surface area contributed by atoms with Crippen molar-refractivity contribution in [1.29, 1.82) is 0 Å². The molecule has 8 heteroatoms. The van der Waals surface area contributed by atoms with Crippen molar-refractivity contribution in [1.82, 2.24) is 19.7 Å². The van der Waals surface area contributed by atoms with E-state index in [-0.39, 0.29) is 5.41 Å². The molecule has 0 atom stereocenters. The Morgan fingerprint density at radius 3 is 2.51 bits per heavy atom. The molecule has 0 fully saturated rings. The maximum absolute atomic E-state index is 6.05. The van der Waals surface area contributed by atoms with Crippen LogP contribution in [0.1, 0.15) is 50.8 Å². The molecule has 5 rings (SSSR count). The van der Waals surface area contributed by atoms with E-state index in [1.54, 1.807) is 13.3 Å². The number of anilines is 1. The molecule has 1 N–H and O–H groups in total. The fraction of sp³-hybridized carbons (Fsp3) is 0.290. The van der Waals surface area contributed by atoms with Crippen molar-refractivity contribution in [3.8, 4) is 11.5 Å². The third-order valence-electron chi connectivity index (χ3n) is 6.60. The summed E-state index contributed by atoms with van der Waals surface area (Å²) in [5, 5.41) is 14.0. The molecule has 0 aliphatic rings. The lowest BCUT2D eigenvalue weighted by molar-refractivity contribution is 0.284. The number of methoxy groups -OCH3 is 1. The lowest BCUT2D eigenvalue weighted by atomic mass is 9.87. The first-order chi connectivity index (χ1) is 18.9. The Labute approximate surface area is 228 Å². The van der Waals surface area contributed by atoms with Crippen molar-refractivity contribution in [2.24, 2.45) is 5.10 Å². The van der Waals surface area contributed by atoms with Crippen LogP contribution in [0.4, 0.5) is 5.95 Å². The molecule has 2 heterocycles. The minimum Gasteiger partial charge on any atom is -0.493 e. The van der Waals surface area contributed by atoms with Gasteiger partial charge in [-0.1, -0.05) is 70.2 Å². The number of ether oxygens (including phenoxy) is 2. The summed E-state index contributed by atoms with van der Waals surface area (Å²) in [6, 6.07) is 22.4. The quantitative estimate of drug-likeness (QED) is 0.171. The van der Waals surface area contributed by atoms with Crippen molar-refractivity contribution in [3.05, 3.63) is 83.4 Å². The topological polar surface area (TPSA) is 86.5 Å². The van der Waals surface area contributed by atoms with Crippen LogP contribution in [0.25, 0.3) is 22.1 Å². The lowest BCUT2D eigenvalue weighted by Gasteiger charge is -2.19. The average molecular weight is 523 g/mol. The summed E-state index contributed by atoms with van der Waals surface area (Å²) in [5.41, 5.74) is 8.97. The van der Waals surface area contributed by atoms with Crippen LogP contribution in [-0.4, -0.2) is 33.1 Å².